The van der Waals surface area contributed by atoms with Crippen LogP contribution < -0.4 is 5.56 Å². The van der Waals surface area contributed by atoms with Crippen LogP contribution >= 0.6 is 0 Å². The van der Waals surface area contributed by atoms with E-state index in [4.69, 9.17) is 0 Å². The lowest BCUT2D eigenvalue weighted by Crippen LogP contribution is -2.10. The second-order valence-corrected chi connectivity index (χ2v) is 4.78. The monoisotopic (exact) mass is 309 g/mol. The third kappa shape index (κ3) is 2.12. The Balaban J connectivity index is 2.45. The number of alkyl halides is 3. The standard InChI is InChI=1S/C14H10F3N3O2/c1-20-10(4-5-18-20)11-8-6-7(14(15,16)17)2-3-9(8)19-13(22)12(11)21/h2-6,21H,1H3,(H,19,22). The zero-order valence-corrected chi connectivity index (χ0v) is 11.3. The van der Waals surface area contributed by atoms with Crippen molar-refractivity contribution in [3.8, 4) is 17.0 Å². The number of halogens is 3. The number of aromatic hydroxyl groups is 1. The Hall–Kier alpha value is -2.77. The fourth-order valence-electron chi connectivity index (χ4n) is 2.34. The zero-order valence-electron chi connectivity index (χ0n) is 11.3. The molecule has 2 aromatic heterocycles. The number of fused-ring (bicyclic) bond motifs is 1. The fourth-order valence-corrected chi connectivity index (χ4v) is 2.34. The van der Waals surface area contributed by atoms with Crippen LogP contribution in [0, 0.1) is 0 Å². The molecule has 0 amide bonds. The lowest BCUT2D eigenvalue weighted by molar-refractivity contribution is -0.137. The highest BCUT2D eigenvalue weighted by Crippen LogP contribution is 2.36. The molecular weight excluding hydrogens is 299 g/mol. The highest BCUT2D eigenvalue weighted by atomic mass is 19.4. The molecular formula is C14H10F3N3O2. The number of aromatic amines is 1. The molecule has 114 valence electrons. The first-order valence-corrected chi connectivity index (χ1v) is 6.23. The maximum absolute atomic E-state index is 12.9. The molecule has 0 fully saturated rings. The molecule has 0 atom stereocenters. The van der Waals surface area contributed by atoms with E-state index in [-0.39, 0.29) is 16.5 Å². The predicted octanol–water partition coefficient (Wildman–Crippen LogP) is 2.65. The topological polar surface area (TPSA) is 70.9 Å². The van der Waals surface area contributed by atoms with Gasteiger partial charge in [0.25, 0.3) is 5.56 Å². The second-order valence-electron chi connectivity index (χ2n) is 4.78. The fraction of sp³-hybridized carbons (Fsp3) is 0.143. The molecule has 0 bridgehead atoms. The van der Waals surface area contributed by atoms with Crippen LogP contribution in [0.15, 0.2) is 35.3 Å². The third-order valence-electron chi connectivity index (χ3n) is 3.39. The largest absolute Gasteiger partial charge is 0.503 e. The minimum Gasteiger partial charge on any atom is -0.503 e. The number of aryl methyl sites for hydroxylation is 1. The molecule has 2 N–H and O–H groups in total. The smallest absolute Gasteiger partial charge is 0.416 e. The summed E-state index contributed by atoms with van der Waals surface area (Å²) in [6.07, 6.45) is -3.10. The molecule has 0 radical (unpaired) electrons. The van der Waals surface area contributed by atoms with Crippen molar-refractivity contribution in [1.29, 1.82) is 0 Å². The molecule has 0 aliphatic rings. The molecule has 0 saturated heterocycles. The summed E-state index contributed by atoms with van der Waals surface area (Å²) in [5.74, 6) is -0.643. The summed E-state index contributed by atoms with van der Waals surface area (Å²) in [5.41, 5.74) is -1.08. The Kier molecular flexibility index (Phi) is 2.98. The van der Waals surface area contributed by atoms with Crippen LogP contribution in [0.2, 0.25) is 0 Å². The molecule has 0 spiro atoms. The lowest BCUT2D eigenvalue weighted by Gasteiger charge is -2.12. The first kappa shape index (κ1) is 14.2. The van der Waals surface area contributed by atoms with Crippen molar-refractivity contribution in [2.75, 3.05) is 0 Å². The Morgan fingerprint density at radius 1 is 1.27 bits per heavy atom. The number of pyridine rings is 1. The van der Waals surface area contributed by atoms with Gasteiger partial charge in [0.05, 0.1) is 16.8 Å². The van der Waals surface area contributed by atoms with E-state index >= 15 is 0 Å². The van der Waals surface area contributed by atoms with Gasteiger partial charge in [-0.1, -0.05) is 0 Å². The van der Waals surface area contributed by atoms with Gasteiger partial charge < -0.3 is 10.1 Å². The normalized spacial score (nSPS) is 12.0. The molecule has 22 heavy (non-hydrogen) atoms. The molecule has 0 saturated carbocycles. The van der Waals surface area contributed by atoms with Crippen molar-refractivity contribution in [2.24, 2.45) is 7.05 Å². The molecule has 3 aromatic rings. The number of nitrogens with one attached hydrogen (secondary N) is 1. The van der Waals surface area contributed by atoms with E-state index < -0.39 is 23.0 Å². The van der Waals surface area contributed by atoms with E-state index in [1.807, 2.05) is 0 Å². The minimum absolute atomic E-state index is 0.0184. The van der Waals surface area contributed by atoms with Gasteiger partial charge in [-0.15, -0.1) is 0 Å². The number of H-pyrrole nitrogens is 1. The van der Waals surface area contributed by atoms with Gasteiger partial charge in [-0.2, -0.15) is 18.3 Å². The number of hydrogen-bond acceptors (Lipinski definition) is 3. The summed E-state index contributed by atoms with van der Waals surface area (Å²) in [4.78, 5) is 14.1. The van der Waals surface area contributed by atoms with Gasteiger partial charge in [-0.3, -0.25) is 9.48 Å². The number of aromatic nitrogens is 3. The van der Waals surface area contributed by atoms with Crippen LogP contribution in [-0.4, -0.2) is 19.9 Å². The van der Waals surface area contributed by atoms with E-state index in [9.17, 15) is 23.1 Å². The minimum atomic E-state index is -4.52. The quantitative estimate of drug-likeness (QED) is 0.726. The summed E-state index contributed by atoms with van der Waals surface area (Å²) >= 11 is 0. The van der Waals surface area contributed by atoms with Crippen molar-refractivity contribution in [1.82, 2.24) is 14.8 Å². The van der Waals surface area contributed by atoms with E-state index in [0.717, 1.165) is 12.1 Å². The summed E-state index contributed by atoms with van der Waals surface area (Å²) in [6.45, 7) is 0. The SMILES string of the molecule is Cn1nccc1-c1c(O)c(=O)[nH]c2ccc(C(F)(F)F)cc12. The van der Waals surface area contributed by atoms with Crippen molar-refractivity contribution in [3.63, 3.8) is 0 Å². The van der Waals surface area contributed by atoms with Crippen LogP contribution in [0.25, 0.3) is 22.2 Å². The summed E-state index contributed by atoms with van der Waals surface area (Å²) in [5, 5.41) is 14.0. The molecule has 0 aliphatic carbocycles. The molecule has 1 aromatic carbocycles. The van der Waals surface area contributed by atoms with Crippen LogP contribution in [0.5, 0.6) is 5.75 Å². The summed E-state index contributed by atoms with van der Waals surface area (Å²) < 4.78 is 40.1. The molecule has 3 rings (SSSR count). The average Bonchev–Trinajstić information content (AvgIpc) is 2.85. The van der Waals surface area contributed by atoms with Gasteiger partial charge in [0, 0.05) is 24.1 Å². The highest BCUT2D eigenvalue weighted by Gasteiger charge is 2.31. The predicted molar refractivity (Wildman–Crippen MR) is 73.4 cm³/mol. The number of benzene rings is 1. The molecule has 0 aliphatic heterocycles. The number of hydrogen-bond donors (Lipinski definition) is 2. The first-order chi connectivity index (χ1) is 10.3. The van der Waals surface area contributed by atoms with Gasteiger partial charge >= 0.3 is 6.18 Å². The second kappa shape index (κ2) is 4.62. The first-order valence-electron chi connectivity index (χ1n) is 6.23. The Labute approximate surface area is 121 Å². The van der Waals surface area contributed by atoms with E-state index in [0.29, 0.717) is 5.69 Å². The third-order valence-corrected chi connectivity index (χ3v) is 3.39. The maximum atomic E-state index is 12.9. The lowest BCUT2D eigenvalue weighted by atomic mass is 10.0. The maximum Gasteiger partial charge on any atom is 0.416 e. The average molecular weight is 309 g/mol. The zero-order chi connectivity index (χ0) is 16.1. The summed E-state index contributed by atoms with van der Waals surface area (Å²) in [7, 11) is 1.56. The van der Waals surface area contributed by atoms with Crippen molar-refractivity contribution >= 4 is 10.9 Å². The Bertz CT molecular complexity index is 925. The number of nitrogens with zero attached hydrogens (tertiary/aromatic N) is 2. The van der Waals surface area contributed by atoms with Crippen molar-refractivity contribution < 1.29 is 18.3 Å². The Morgan fingerprint density at radius 2 is 2.00 bits per heavy atom. The van der Waals surface area contributed by atoms with E-state index in [1.54, 1.807) is 7.05 Å². The molecule has 8 heteroatoms. The van der Waals surface area contributed by atoms with Gasteiger partial charge in [0.2, 0.25) is 0 Å². The van der Waals surface area contributed by atoms with Gasteiger partial charge in [-0.25, -0.2) is 0 Å². The van der Waals surface area contributed by atoms with Crippen LogP contribution in [0.3, 0.4) is 0 Å². The summed E-state index contributed by atoms with van der Waals surface area (Å²) in [6, 6.07) is 4.45. The van der Waals surface area contributed by atoms with Crippen molar-refractivity contribution in [3.05, 3.63) is 46.4 Å². The van der Waals surface area contributed by atoms with Crippen LogP contribution in [-0.2, 0) is 13.2 Å². The molecule has 5 nitrogen and oxygen atoms in total. The van der Waals surface area contributed by atoms with Gasteiger partial charge in [0.15, 0.2) is 5.75 Å². The molecule has 0 unspecified atom stereocenters. The van der Waals surface area contributed by atoms with Gasteiger partial charge in [-0.05, 0) is 24.3 Å². The van der Waals surface area contributed by atoms with E-state index in [1.165, 1.54) is 23.0 Å². The van der Waals surface area contributed by atoms with Crippen LogP contribution in [0.4, 0.5) is 13.2 Å². The Morgan fingerprint density at radius 3 is 2.59 bits per heavy atom. The van der Waals surface area contributed by atoms with Gasteiger partial charge in [0.1, 0.15) is 0 Å². The van der Waals surface area contributed by atoms with Crippen molar-refractivity contribution in [2.45, 2.75) is 6.18 Å². The molecule has 2 heterocycles. The highest BCUT2D eigenvalue weighted by molar-refractivity contribution is 5.96. The van der Waals surface area contributed by atoms with Crippen LogP contribution in [0.1, 0.15) is 5.56 Å². The number of rotatable bonds is 1. The van der Waals surface area contributed by atoms with E-state index in [2.05, 4.69) is 10.1 Å².